The van der Waals surface area contributed by atoms with E-state index in [2.05, 4.69) is 46.3 Å². The van der Waals surface area contributed by atoms with Crippen molar-refractivity contribution in [2.75, 3.05) is 6.54 Å². The maximum Gasteiger partial charge on any atom is 0.165 e. The molecule has 0 bridgehead atoms. The molecule has 1 aromatic heterocycles. The van der Waals surface area contributed by atoms with Crippen molar-refractivity contribution in [1.82, 2.24) is 15.1 Å². The van der Waals surface area contributed by atoms with Gasteiger partial charge < -0.3 is 10.1 Å². The second-order valence-corrected chi connectivity index (χ2v) is 5.33. The van der Waals surface area contributed by atoms with Gasteiger partial charge in [-0.15, -0.1) is 0 Å². The molecule has 2 rings (SSSR count). The van der Waals surface area contributed by atoms with Gasteiger partial charge in [0, 0.05) is 23.1 Å². The summed E-state index contributed by atoms with van der Waals surface area (Å²) in [6, 6.07) is 6.27. The van der Waals surface area contributed by atoms with Gasteiger partial charge in [-0.1, -0.05) is 22.9 Å². The third-order valence-electron chi connectivity index (χ3n) is 2.86. The number of aryl methyl sites for hydroxylation is 1. The molecule has 0 fully saturated rings. The first-order chi connectivity index (χ1) is 9.10. The van der Waals surface area contributed by atoms with E-state index in [1.54, 1.807) is 10.9 Å². The van der Waals surface area contributed by atoms with Crippen LogP contribution in [0.5, 0.6) is 11.5 Å². The van der Waals surface area contributed by atoms with Crippen LogP contribution in [0.1, 0.15) is 25.5 Å². The smallest absolute Gasteiger partial charge is 0.165 e. The normalized spacial score (nSPS) is 12.4. The minimum atomic E-state index is 0.231. The van der Waals surface area contributed by atoms with Crippen LogP contribution in [0.15, 0.2) is 35.1 Å². The van der Waals surface area contributed by atoms with E-state index < -0.39 is 0 Å². The molecule has 0 saturated carbocycles. The van der Waals surface area contributed by atoms with Crippen LogP contribution in [-0.4, -0.2) is 16.3 Å². The molecule has 0 radical (unpaired) electrons. The van der Waals surface area contributed by atoms with Crippen LogP contribution in [0.2, 0.25) is 0 Å². The highest BCUT2D eigenvalue weighted by Gasteiger charge is 2.12. The summed E-state index contributed by atoms with van der Waals surface area (Å²) in [6.07, 6.45) is 3.56. The van der Waals surface area contributed by atoms with E-state index in [-0.39, 0.29) is 6.04 Å². The summed E-state index contributed by atoms with van der Waals surface area (Å²) in [5, 5.41) is 7.51. The molecule has 102 valence electrons. The molecule has 1 heterocycles. The van der Waals surface area contributed by atoms with E-state index >= 15 is 0 Å². The molecule has 19 heavy (non-hydrogen) atoms. The predicted octanol–water partition coefficient (Wildman–Crippen LogP) is 3.65. The van der Waals surface area contributed by atoms with Crippen molar-refractivity contribution < 1.29 is 4.74 Å². The lowest BCUT2D eigenvalue weighted by atomic mass is 10.1. The Labute approximate surface area is 121 Å². The van der Waals surface area contributed by atoms with Crippen LogP contribution in [-0.2, 0) is 7.05 Å². The molecule has 0 saturated heterocycles. The average molecular weight is 324 g/mol. The zero-order valence-electron chi connectivity index (χ0n) is 11.4. The van der Waals surface area contributed by atoms with Crippen LogP contribution in [0.3, 0.4) is 0 Å². The molecule has 2 aromatic rings. The first kappa shape index (κ1) is 14.1. The van der Waals surface area contributed by atoms with Crippen molar-refractivity contribution in [1.29, 1.82) is 0 Å². The van der Waals surface area contributed by atoms with Gasteiger partial charge in [0.2, 0.25) is 0 Å². The topological polar surface area (TPSA) is 39.1 Å². The highest BCUT2D eigenvalue weighted by atomic mass is 79.9. The van der Waals surface area contributed by atoms with Crippen LogP contribution >= 0.6 is 15.9 Å². The Balaban J connectivity index is 2.28. The van der Waals surface area contributed by atoms with Crippen molar-refractivity contribution in [3.8, 4) is 11.5 Å². The summed E-state index contributed by atoms with van der Waals surface area (Å²) in [4.78, 5) is 0. The Hall–Kier alpha value is -1.33. The molecular formula is C14H18BrN3O. The molecule has 0 aliphatic carbocycles. The van der Waals surface area contributed by atoms with Crippen LogP contribution < -0.4 is 10.1 Å². The molecular weight excluding hydrogens is 306 g/mol. The number of hydrogen-bond acceptors (Lipinski definition) is 3. The van der Waals surface area contributed by atoms with Gasteiger partial charge in [0.25, 0.3) is 0 Å². The average Bonchev–Trinajstić information content (AvgIpc) is 2.77. The van der Waals surface area contributed by atoms with Gasteiger partial charge >= 0.3 is 0 Å². The fourth-order valence-electron chi connectivity index (χ4n) is 1.95. The minimum Gasteiger partial charge on any atom is -0.454 e. The van der Waals surface area contributed by atoms with Crippen LogP contribution in [0.25, 0.3) is 0 Å². The van der Waals surface area contributed by atoms with Crippen molar-refractivity contribution in [3.63, 3.8) is 0 Å². The van der Waals surface area contributed by atoms with Crippen molar-refractivity contribution in [2.45, 2.75) is 19.9 Å². The van der Waals surface area contributed by atoms with E-state index in [4.69, 9.17) is 4.74 Å². The molecule has 0 aliphatic heterocycles. The summed E-state index contributed by atoms with van der Waals surface area (Å²) in [5.41, 5.74) is 1.13. The maximum absolute atomic E-state index is 5.91. The first-order valence-electron chi connectivity index (χ1n) is 6.29. The Morgan fingerprint density at radius 1 is 1.47 bits per heavy atom. The Morgan fingerprint density at radius 2 is 2.26 bits per heavy atom. The summed E-state index contributed by atoms with van der Waals surface area (Å²) in [7, 11) is 1.87. The fraction of sp³-hybridized carbons (Fsp3) is 0.357. The van der Waals surface area contributed by atoms with E-state index in [9.17, 15) is 0 Å². The number of aromatic nitrogens is 2. The van der Waals surface area contributed by atoms with E-state index in [0.717, 1.165) is 28.1 Å². The van der Waals surface area contributed by atoms with Crippen molar-refractivity contribution in [3.05, 3.63) is 40.6 Å². The number of benzene rings is 1. The SMILES string of the molecule is CCNC(C)c1cc(Br)ccc1Oc1cnn(C)c1. The molecule has 1 aromatic carbocycles. The summed E-state index contributed by atoms with van der Waals surface area (Å²) in [5.74, 6) is 1.60. The Kier molecular flexibility index (Phi) is 4.61. The number of nitrogens with one attached hydrogen (secondary N) is 1. The second kappa shape index (κ2) is 6.21. The molecule has 4 nitrogen and oxygen atoms in total. The molecule has 0 aliphatic rings. The molecule has 1 unspecified atom stereocenters. The van der Waals surface area contributed by atoms with Gasteiger partial charge in [-0.3, -0.25) is 4.68 Å². The number of nitrogens with zero attached hydrogens (tertiary/aromatic N) is 2. The third-order valence-corrected chi connectivity index (χ3v) is 3.35. The van der Waals surface area contributed by atoms with E-state index in [1.165, 1.54) is 0 Å². The fourth-order valence-corrected chi connectivity index (χ4v) is 2.32. The van der Waals surface area contributed by atoms with Crippen molar-refractivity contribution >= 4 is 15.9 Å². The quantitative estimate of drug-likeness (QED) is 0.912. The molecule has 0 spiro atoms. The molecule has 5 heteroatoms. The highest BCUT2D eigenvalue weighted by molar-refractivity contribution is 9.10. The summed E-state index contributed by atoms with van der Waals surface area (Å²) >= 11 is 3.51. The van der Waals surface area contributed by atoms with E-state index in [1.807, 2.05) is 25.4 Å². The van der Waals surface area contributed by atoms with Gasteiger partial charge in [0.15, 0.2) is 5.75 Å². The summed E-state index contributed by atoms with van der Waals surface area (Å²) in [6.45, 7) is 5.14. The number of hydrogen-bond donors (Lipinski definition) is 1. The molecule has 0 amide bonds. The predicted molar refractivity (Wildman–Crippen MR) is 79.5 cm³/mol. The van der Waals surface area contributed by atoms with Gasteiger partial charge in [-0.25, -0.2) is 0 Å². The van der Waals surface area contributed by atoms with Crippen LogP contribution in [0, 0.1) is 0 Å². The monoisotopic (exact) mass is 323 g/mol. The standard InChI is InChI=1S/C14H18BrN3O/c1-4-16-10(2)13-7-11(15)5-6-14(13)19-12-8-17-18(3)9-12/h5-10,16H,4H2,1-3H3. The third kappa shape index (κ3) is 3.58. The zero-order chi connectivity index (χ0) is 13.8. The Bertz CT molecular complexity index is 553. The van der Waals surface area contributed by atoms with Crippen molar-refractivity contribution in [2.24, 2.45) is 7.05 Å². The zero-order valence-corrected chi connectivity index (χ0v) is 12.9. The second-order valence-electron chi connectivity index (χ2n) is 4.41. The Morgan fingerprint density at radius 3 is 2.89 bits per heavy atom. The number of ether oxygens (including phenoxy) is 1. The molecule has 1 atom stereocenters. The van der Waals surface area contributed by atoms with Gasteiger partial charge in [-0.05, 0) is 31.7 Å². The number of rotatable bonds is 5. The summed E-state index contributed by atoms with van der Waals surface area (Å²) < 4.78 is 8.68. The lowest BCUT2D eigenvalue weighted by Gasteiger charge is -2.17. The lowest BCUT2D eigenvalue weighted by molar-refractivity contribution is 0.462. The first-order valence-corrected chi connectivity index (χ1v) is 7.08. The molecule has 1 N–H and O–H groups in total. The van der Waals surface area contributed by atoms with Crippen LogP contribution in [0.4, 0.5) is 0 Å². The minimum absolute atomic E-state index is 0.231. The largest absolute Gasteiger partial charge is 0.454 e. The highest BCUT2D eigenvalue weighted by Crippen LogP contribution is 2.31. The maximum atomic E-state index is 5.91. The lowest BCUT2D eigenvalue weighted by Crippen LogP contribution is -2.18. The van der Waals surface area contributed by atoms with Gasteiger partial charge in [0.1, 0.15) is 5.75 Å². The van der Waals surface area contributed by atoms with Gasteiger partial charge in [-0.2, -0.15) is 5.10 Å². The van der Waals surface area contributed by atoms with E-state index in [0.29, 0.717) is 0 Å². The van der Waals surface area contributed by atoms with Gasteiger partial charge in [0.05, 0.1) is 12.4 Å². The number of halogens is 1.